The van der Waals surface area contributed by atoms with Gasteiger partial charge in [-0.25, -0.2) is 9.97 Å². The van der Waals surface area contributed by atoms with Crippen molar-refractivity contribution in [3.63, 3.8) is 0 Å². The molecule has 0 saturated heterocycles. The van der Waals surface area contributed by atoms with E-state index >= 15 is 0 Å². The number of likely N-dealkylation sites (N-methyl/N-ethyl adjacent to an activating group) is 1. The maximum absolute atomic E-state index is 11.5. The minimum Gasteiger partial charge on any atom is -0.354 e. The Bertz CT molecular complexity index is 411. The van der Waals surface area contributed by atoms with Gasteiger partial charge in [-0.2, -0.15) is 0 Å². The summed E-state index contributed by atoms with van der Waals surface area (Å²) in [6, 6.07) is 1.95. The lowest BCUT2D eigenvalue weighted by Gasteiger charge is -2.21. The van der Waals surface area contributed by atoms with Crippen LogP contribution >= 0.6 is 0 Å². The van der Waals surface area contributed by atoms with E-state index in [-0.39, 0.29) is 11.8 Å². The van der Waals surface area contributed by atoms with Gasteiger partial charge < -0.3 is 5.32 Å². The Morgan fingerprint density at radius 2 is 1.89 bits per heavy atom. The van der Waals surface area contributed by atoms with E-state index in [0.29, 0.717) is 5.95 Å². The van der Waals surface area contributed by atoms with E-state index in [1.807, 2.05) is 38.9 Å². The molecule has 0 aliphatic carbocycles. The number of Topliss-reactive ketones (excluding diaryl/α,β-unsaturated/α-hetero) is 1. The van der Waals surface area contributed by atoms with Gasteiger partial charge in [0.2, 0.25) is 5.95 Å². The normalized spacial score (nSPS) is 12.5. The summed E-state index contributed by atoms with van der Waals surface area (Å²) in [5.41, 5.74) is 1.93. The Balaban J connectivity index is 2.40. The quantitative estimate of drug-likeness (QED) is 0.605. The molecule has 0 aromatic carbocycles. The van der Waals surface area contributed by atoms with Crippen LogP contribution in [0, 0.1) is 13.8 Å². The van der Waals surface area contributed by atoms with Gasteiger partial charge in [-0.15, -0.1) is 0 Å². The van der Waals surface area contributed by atoms with E-state index in [4.69, 9.17) is 0 Å². The van der Waals surface area contributed by atoms with Gasteiger partial charge in [0.1, 0.15) is 5.78 Å². The van der Waals surface area contributed by atoms with Gasteiger partial charge in [-0.1, -0.05) is 0 Å². The number of hydrogen-bond acceptors (Lipinski definition) is 5. The van der Waals surface area contributed by atoms with E-state index < -0.39 is 0 Å². The fourth-order valence-corrected chi connectivity index (χ4v) is 2.13. The van der Waals surface area contributed by atoms with Gasteiger partial charge in [0.25, 0.3) is 0 Å². The van der Waals surface area contributed by atoms with Crippen molar-refractivity contribution in [2.75, 3.05) is 26.0 Å². The van der Waals surface area contributed by atoms with Gasteiger partial charge in [0.05, 0.1) is 6.04 Å². The molecule has 0 amide bonds. The Hall–Kier alpha value is -1.49. The van der Waals surface area contributed by atoms with Crippen molar-refractivity contribution in [1.29, 1.82) is 0 Å². The van der Waals surface area contributed by atoms with E-state index in [2.05, 4.69) is 15.3 Å². The lowest BCUT2D eigenvalue weighted by molar-refractivity contribution is -0.121. The predicted molar refractivity (Wildman–Crippen MR) is 77.4 cm³/mol. The van der Waals surface area contributed by atoms with Gasteiger partial charge >= 0.3 is 0 Å². The SMILES string of the molecule is Cc1cc(C)n[13c](N[13CH2][13CH2][13CH2][13CH]([13C](C)=O)N(C)C)n1. The second-order valence-electron chi connectivity index (χ2n) is 5.13. The molecule has 1 atom stereocenters. The average molecular weight is 270 g/mol. The summed E-state index contributed by atoms with van der Waals surface area (Å²) in [4.78, 5) is 22.1. The summed E-state index contributed by atoms with van der Waals surface area (Å²) in [5.74, 6) is 0.884. The highest BCUT2D eigenvalue weighted by Gasteiger charge is 2.15. The maximum Gasteiger partial charge on any atom is 0.223 e. The van der Waals surface area contributed by atoms with Crippen LogP contribution in [0.4, 0.5) is 5.95 Å². The molecular formula is C14H24N4O. The van der Waals surface area contributed by atoms with Crippen LogP contribution < -0.4 is 5.32 Å². The molecule has 1 unspecified atom stereocenters. The fraction of sp³-hybridized carbons (Fsp3) is 0.643. The molecule has 0 radical (unpaired) electrons. The third-order valence-electron chi connectivity index (χ3n) is 3.01. The predicted octanol–water partition coefficient (Wildman–Crippen LogP) is 1.80. The average Bonchev–Trinajstić information content (AvgIpc) is 2.26. The van der Waals surface area contributed by atoms with Crippen molar-refractivity contribution in [1.82, 2.24) is 14.9 Å². The topological polar surface area (TPSA) is 58.1 Å². The standard InChI is InChI=1S/C14H24N4O/c1-10-9-11(2)17-14(16-10)15-8-6-7-13(12(3)19)18(4)5/h9,13H,6-8H2,1-5H3,(H,15,16,17)/i6+1,7+1,8+1,12+1,13+1,14+1. The number of nitrogens with zero attached hydrogens (tertiary/aromatic N) is 3. The van der Waals surface area contributed by atoms with Crippen molar-refractivity contribution < 1.29 is 4.79 Å². The van der Waals surface area contributed by atoms with Crippen LogP contribution in [0.3, 0.4) is 0 Å². The number of carbonyl (C=O) groups excluding carboxylic acids is 1. The van der Waals surface area contributed by atoms with Crippen LogP contribution in [-0.2, 0) is 4.79 Å². The molecule has 106 valence electrons. The number of anilines is 1. The van der Waals surface area contributed by atoms with Gasteiger partial charge in [-0.3, -0.25) is 9.69 Å². The Morgan fingerprint density at radius 1 is 1.32 bits per heavy atom. The van der Waals surface area contributed by atoms with Gasteiger partial charge in [0, 0.05) is 17.9 Å². The monoisotopic (exact) mass is 270 g/mol. The van der Waals surface area contributed by atoms with Crippen LogP contribution in [0.5, 0.6) is 0 Å². The third kappa shape index (κ3) is 5.34. The van der Waals surface area contributed by atoms with Gasteiger partial charge in [0.15, 0.2) is 0 Å². The highest BCUT2D eigenvalue weighted by Crippen LogP contribution is 2.07. The molecule has 5 heteroatoms. The van der Waals surface area contributed by atoms with Crippen LogP contribution in [-0.4, -0.2) is 47.3 Å². The Kier molecular flexibility index (Phi) is 5.89. The summed E-state index contributed by atoms with van der Waals surface area (Å²) in [7, 11) is 3.87. The molecule has 5 nitrogen and oxygen atoms in total. The molecule has 0 aliphatic rings. The smallest absolute Gasteiger partial charge is 0.223 e. The summed E-state index contributed by atoms with van der Waals surface area (Å²) in [6.45, 7) is 6.33. The summed E-state index contributed by atoms with van der Waals surface area (Å²) >= 11 is 0. The molecule has 0 saturated carbocycles. The Labute approximate surface area is 115 Å². The lowest BCUT2D eigenvalue weighted by atomic mass is 10.4. The van der Waals surface area contributed by atoms with E-state index in [9.17, 15) is 4.79 Å². The van der Waals surface area contributed by atoms with E-state index in [1.165, 1.54) is 0 Å². The Morgan fingerprint density at radius 3 is 2.37 bits per heavy atom. The number of nitrogens with one attached hydrogen (secondary N) is 1. The molecule has 1 N–H and O–H groups in total. The number of ketones is 1. The molecule has 19 heavy (non-hydrogen) atoms. The highest BCUT2D eigenvalue weighted by atomic mass is 16.2. The molecule has 1 aromatic heterocycles. The molecule has 1 rings (SSSR count). The van der Waals surface area contributed by atoms with Crippen LogP contribution in [0.25, 0.3) is 0 Å². The first-order valence-electron chi connectivity index (χ1n) is 6.63. The zero-order chi connectivity index (χ0) is 14.4. The third-order valence-corrected chi connectivity index (χ3v) is 3.01. The van der Waals surface area contributed by atoms with E-state index in [0.717, 1.165) is 30.8 Å². The molecule has 1 aromatic rings. The van der Waals surface area contributed by atoms with Crippen LogP contribution in [0.1, 0.15) is 31.2 Å². The van der Waals surface area contributed by atoms with Crippen molar-refractivity contribution in [2.24, 2.45) is 0 Å². The number of hydrogen-bond donors (Lipinski definition) is 1. The number of aromatic nitrogens is 2. The fourth-order valence-electron chi connectivity index (χ4n) is 2.13. The van der Waals surface area contributed by atoms with Crippen molar-refractivity contribution in [3.05, 3.63) is 17.5 Å². The largest absolute Gasteiger partial charge is 0.354 e. The molecule has 0 fully saturated rings. The van der Waals surface area contributed by atoms with Crippen LogP contribution in [0.15, 0.2) is 6.07 Å². The second-order valence-corrected chi connectivity index (χ2v) is 5.13. The minimum absolute atomic E-state index is 0.00182. The van der Waals surface area contributed by atoms with Crippen molar-refractivity contribution in [3.8, 4) is 0 Å². The molecule has 1 heterocycles. The van der Waals surface area contributed by atoms with E-state index in [1.54, 1.807) is 6.92 Å². The summed E-state index contributed by atoms with van der Waals surface area (Å²) in [6.07, 6.45) is 1.76. The first-order valence-corrected chi connectivity index (χ1v) is 6.63. The first-order chi connectivity index (χ1) is 8.90. The van der Waals surface area contributed by atoms with Gasteiger partial charge in [-0.05, 0) is 53.8 Å². The number of aryl methyl sites for hydroxylation is 2. The molecule has 0 aliphatic heterocycles. The number of carbonyl (C=O) groups is 1. The molecule has 0 bridgehead atoms. The molecular weight excluding hydrogens is 246 g/mol. The minimum atomic E-state index is 0.00182. The second kappa shape index (κ2) is 7.19. The first kappa shape index (κ1) is 15.6. The maximum atomic E-state index is 11.5. The lowest BCUT2D eigenvalue weighted by Crippen LogP contribution is -2.34. The highest BCUT2D eigenvalue weighted by molar-refractivity contribution is 5.81. The molecule has 0 spiro atoms. The zero-order valence-corrected chi connectivity index (χ0v) is 12.5. The van der Waals surface area contributed by atoms with Crippen LogP contribution in [0.2, 0.25) is 0 Å². The summed E-state index contributed by atoms with van der Waals surface area (Å²) in [5, 5.41) is 3.21. The van der Waals surface area contributed by atoms with Crippen molar-refractivity contribution >= 4 is 11.7 Å². The van der Waals surface area contributed by atoms with Crippen molar-refractivity contribution in [2.45, 2.75) is 39.7 Å². The zero-order valence-electron chi connectivity index (χ0n) is 12.5. The summed E-state index contributed by atoms with van der Waals surface area (Å²) < 4.78 is 0. The number of rotatable bonds is 7.